The number of amides is 2. The van der Waals surface area contributed by atoms with Gasteiger partial charge in [0.15, 0.2) is 5.76 Å². The average molecular weight is 410 g/mol. The molecule has 0 saturated carbocycles. The van der Waals surface area contributed by atoms with E-state index in [4.69, 9.17) is 4.42 Å². The molecular weight excluding hydrogens is 395 g/mol. The molecule has 0 radical (unpaired) electrons. The van der Waals surface area contributed by atoms with Gasteiger partial charge >= 0.3 is 0 Å². The Morgan fingerprint density at radius 1 is 1.18 bits per heavy atom. The molecular formula is C16H15IN2O3. The smallest absolute Gasteiger partial charge is 0.291 e. The highest BCUT2D eigenvalue weighted by atomic mass is 127. The van der Waals surface area contributed by atoms with E-state index in [1.54, 1.807) is 24.3 Å². The summed E-state index contributed by atoms with van der Waals surface area (Å²) in [6.45, 7) is 1.55. The van der Waals surface area contributed by atoms with Crippen molar-refractivity contribution in [2.45, 2.75) is 12.8 Å². The lowest BCUT2D eigenvalue weighted by Gasteiger charge is -2.18. The van der Waals surface area contributed by atoms with Crippen molar-refractivity contribution in [3.8, 4) is 0 Å². The monoisotopic (exact) mass is 410 g/mol. The normalized spacial score (nSPS) is 14.1. The summed E-state index contributed by atoms with van der Waals surface area (Å²) < 4.78 is 6.04. The molecule has 3 rings (SSSR count). The fourth-order valence-electron chi connectivity index (χ4n) is 2.48. The number of hydrogen-bond acceptors (Lipinski definition) is 3. The Morgan fingerprint density at radius 3 is 2.64 bits per heavy atom. The molecule has 2 amide bonds. The number of hydrogen-bond donors (Lipinski definition) is 1. The molecule has 0 bridgehead atoms. The Bertz CT molecular complexity index is 691. The van der Waals surface area contributed by atoms with E-state index >= 15 is 0 Å². The third kappa shape index (κ3) is 3.16. The summed E-state index contributed by atoms with van der Waals surface area (Å²) in [6.07, 6.45) is 3.51. The zero-order valence-corrected chi connectivity index (χ0v) is 14.0. The quantitative estimate of drug-likeness (QED) is 0.790. The molecule has 114 valence electrons. The van der Waals surface area contributed by atoms with E-state index in [9.17, 15) is 9.59 Å². The fourth-order valence-corrected chi connectivity index (χ4v) is 2.98. The van der Waals surface area contributed by atoms with Crippen LogP contribution in [0.2, 0.25) is 0 Å². The Hall–Kier alpha value is -1.83. The van der Waals surface area contributed by atoms with E-state index in [2.05, 4.69) is 27.9 Å². The van der Waals surface area contributed by atoms with Crippen LogP contribution >= 0.6 is 22.6 Å². The maximum absolute atomic E-state index is 12.6. The van der Waals surface area contributed by atoms with Crippen LogP contribution < -0.4 is 5.32 Å². The summed E-state index contributed by atoms with van der Waals surface area (Å²) in [7, 11) is 0. The van der Waals surface area contributed by atoms with E-state index in [1.165, 1.54) is 6.26 Å². The van der Waals surface area contributed by atoms with Crippen molar-refractivity contribution < 1.29 is 14.0 Å². The Kier molecular flexibility index (Phi) is 4.47. The third-order valence-electron chi connectivity index (χ3n) is 3.60. The Labute approximate surface area is 141 Å². The van der Waals surface area contributed by atoms with Crippen molar-refractivity contribution in [3.63, 3.8) is 0 Å². The number of anilines is 1. The molecule has 1 saturated heterocycles. The molecule has 5 nitrogen and oxygen atoms in total. The number of nitrogens with zero attached hydrogens (tertiary/aromatic N) is 1. The van der Waals surface area contributed by atoms with Gasteiger partial charge in [0, 0.05) is 16.7 Å². The van der Waals surface area contributed by atoms with Crippen molar-refractivity contribution in [3.05, 3.63) is 51.5 Å². The SMILES string of the molecule is O=C(Nc1ccc(I)cc1C(=O)N1CCCC1)c1ccco1. The number of benzene rings is 1. The van der Waals surface area contributed by atoms with Crippen LogP contribution in [0, 0.1) is 3.57 Å². The average Bonchev–Trinajstić information content (AvgIpc) is 3.21. The summed E-state index contributed by atoms with van der Waals surface area (Å²) in [5.41, 5.74) is 1.03. The van der Waals surface area contributed by atoms with Gasteiger partial charge in [0.25, 0.3) is 11.8 Å². The largest absolute Gasteiger partial charge is 0.459 e. The topological polar surface area (TPSA) is 62.6 Å². The highest BCUT2D eigenvalue weighted by Crippen LogP contribution is 2.23. The van der Waals surface area contributed by atoms with Crippen LogP contribution in [0.3, 0.4) is 0 Å². The molecule has 6 heteroatoms. The van der Waals surface area contributed by atoms with Crippen molar-refractivity contribution in [2.24, 2.45) is 0 Å². The molecule has 0 unspecified atom stereocenters. The van der Waals surface area contributed by atoms with Gasteiger partial charge in [-0.25, -0.2) is 0 Å². The molecule has 1 N–H and O–H groups in total. The van der Waals surface area contributed by atoms with Crippen LogP contribution in [0.15, 0.2) is 41.0 Å². The lowest BCUT2D eigenvalue weighted by Crippen LogP contribution is -2.29. The van der Waals surface area contributed by atoms with Crippen molar-refractivity contribution in [1.82, 2.24) is 4.90 Å². The summed E-state index contributed by atoms with van der Waals surface area (Å²) in [5, 5.41) is 2.76. The van der Waals surface area contributed by atoms with Gasteiger partial charge in [-0.2, -0.15) is 0 Å². The lowest BCUT2D eigenvalue weighted by atomic mass is 10.1. The maximum Gasteiger partial charge on any atom is 0.291 e. The predicted octanol–water partition coefficient (Wildman–Crippen LogP) is 3.37. The maximum atomic E-state index is 12.6. The lowest BCUT2D eigenvalue weighted by molar-refractivity contribution is 0.0794. The first-order chi connectivity index (χ1) is 10.6. The second-order valence-corrected chi connectivity index (χ2v) is 6.37. The molecule has 1 aliphatic rings. The molecule has 0 spiro atoms. The molecule has 1 aliphatic heterocycles. The number of furan rings is 1. The van der Waals surface area contributed by atoms with Gasteiger partial charge in [-0.05, 0) is 65.8 Å². The first kappa shape index (κ1) is 15.1. The summed E-state index contributed by atoms with van der Waals surface area (Å²) in [4.78, 5) is 26.6. The van der Waals surface area contributed by atoms with Crippen LogP contribution in [0.1, 0.15) is 33.8 Å². The summed E-state index contributed by atoms with van der Waals surface area (Å²) in [6, 6.07) is 8.66. The number of rotatable bonds is 3. The van der Waals surface area contributed by atoms with Gasteiger partial charge in [0.1, 0.15) is 0 Å². The number of carbonyl (C=O) groups excluding carboxylic acids is 2. The van der Waals surface area contributed by atoms with E-state index in [0.717, 1.165) is 29.5 Å². The minimum atomic E-state index is -0.360. The van der Waals surface area contributed by atoms with E-state index in [1.807, 2.05) is 11.0 Å². The minimum Gasteiger partial charge on any atom is -0.459 e. The van der Waals surface area contributed by atoms with Gasteiger partial charge in [-0.15, -0.1) is 0 Å². The Balaban J connectivity index is 1.87. The van der Waals surface area contributed by atoms with Gasteiger partial charge in [0.2, 0.25) is 0 Å². The molecule has 0 atom stereocenters. The van der Waals surface area contributed by atoms with Crippen molar-refractivity contribution >= 4 is 40.1 Å². The number of halogens is 1. The predicted molar refractivity (Wildman–Crippen MR) is 91.0 cm³/mol. The summed E-state index contributed by atoms with van der Waals surface area (Å²) in [5.74, 6) is -0.175. The number of likely N-dealkylation sites (tertiary alicyclic amines) is 1. The van der Waals surface area contributed by atoms with Crippen molar-refractivity contribution in [2.75, 3.05) is 18.4 Å². The van der Waals surface area contributed by atoms with Gasteiger partial charge in [0.05, 0.1) is 17.5 Å². The second kappa shape index (κ2) is 6.51. The van der Waals surface area contributed by atoms with E-state index in [-0.39, 0.29) is 17.6 Å². The van der Waals surface area contributed by atoms with Gasteiger partial charge in [-0.3, -0.25) is 9.59 Å². The molecule has 1 aromatic carbocycles. The molecule has 1 fully saturated rings. The van der Waals surface area contributed by atoms with Crippen LogP contribution in [0.4, 0.5) is 5.69 Å². The highest BCUT2D eigenvalue weighted by molar-refractivity contribution is 14.1. The molecule has 2 aromatic rings. The van der Waals surface area contributed by atoms with Crippen LogP contribution in [-0.2, 0) is 0 Å². The van der Waals surface area contributed by atoms with Gasteiger partial charge < -0.3 is 14.6 Å². The zero-order chi connectivity index (χ0) is 15.5. The van der Waals surface area contributed by atoms with E-state index in [0.29, 0.717) is 11.3 Å². The minimum absolute atomic E-state index is 0.0363. The van der Waals surface area contributed by atoms with Crippen LogP contribution in [0.5, 0.6) is 0 Å². The fraction of sp³-hybridized carbons (Fsp3) is 0.250. The Morgan fingerprint density at radius 2 is 1.95 bits per heavy atom. The van der Waals surface area contributed by atoms with Crippen molar-refractivity contribution in [1.29, 1.82) is 0 Å². The molecule has 22 heavy (non-hydrogen) atoms. The molecule has 2 heterocycles. The molecule has 1 aromatic heterocycles. The van der Waals surface area contributed by atoms with Crippen LogP contribution in [0.25, 0.3) is 0 Å². The second-order valence-electron chi connectivity index (χ2n) is 5.12. The van der Waals surface area contributed by atoms with E-state index < -0.39 is 0 Å². The van der Waals surface area contributed by atoms with Crippen LogP contribution in [-0.4, -0.2) is 29.8 Å². The third-order valence-corrected chi connectivity index (χ3v) is 4.27. The molecule has 0 aliphatic carbocycles. The number of nitrogens with one attached hydrogen (secondary N) is 1. The number of carbonyl (C=O) groups is 2. The summed E-state index contributed by atoms with van der Waals surface area (Å²) >= 11 is 2.16. The first-order valence-corrected chi connectivity index (χ1v) is 8.17. The first-order valence-electron chi connectivity index (χ1n) is 7.09. The standard InChI is InChI=1S/C16H15IN2O3/c17-11-5-6-13(18-15(20)14-4-3-9-22-14)12(10-11)16(21)19-7-1-2-8-19/h3-6,9-10H,1-2,7-8H2,(H,18,20). The highest BCUT2D eigenvalue weighted by Gasteiger charge is 2.23. The van der Waals surface area contributed by atoms with Gasteiger partial charge in [-0.1, -0.05) is 0 Å². The zero-order valence-electron chi connectivity index (χ0n) is 11.8.